The smallest absolute Gasteiger partial charge is 0.416 e. The van der Waals surface area contributed by atoms with E-state index in [2.05, 4.69) is 5.32 Å². The highest BCUT2D eigenvalue weighted by atomic mass is 32.2. The third kappa shape index (κ3) is 4.40. The molecule has 0 bridgehead atoms. The SMILES string of the molecule is O=C(O)CSCCNC(=O)C1(c2cccc(C(F)(F)F)c2)CC1. The summed E-state index contributed by atoms with van der Waals surface area (Å²) in [7, 11) is 0. The fourth-order valence-corrected chi connectivity index (χ4v) is 2.90. The van der Waals surface area contributed by atoms with Crippen LogP contribution in [0.3, 0.4) is 0 Å². The van der Waals surface area contributed by atoms with Crippen molar-refractivity contribution in [2.24, 2.45) is 0 Å². The van der Waals surface area contributed by atoms with Crippen LogP contribution in [0, 0.1) is 0 Å². The van der Waals surface area contributed by atoms with Crippen molar-refractivity contribution in [3.63, 3.8) is 0 Å². The predicted octanol–water partition coefficient (Wildman–Crippen LogP) is 2.67. The van der Waals surface area contributed by atoms with Crippen LogP contribution in [0.5, 0.6) is 0 Å². The second-order valence-electron chi connectivity index (χ2n) is 5.36. The van der Waals surface area contributed by atoms with Crippen molar-refractivity contribution in [3.8, 4) is 0 Å². The first-order chi connectivity index (χ1) is 10.8. The summed E-state index contributed by atoms with van der Waals surface area (Å²) >= 11 is 1.17. The summed E-state index contributed by atoms with van der Waals surface area (Å²) in [6.07, 6.45) is -3.40. The first-order valence-electron chi connectivity index (χ1n) is 7.01. The van der Waals surface area contributed by atoms with Gasteiger partial charge in [-0.15, -0.1) is 11.8 Å². The van der Waals surface area contributed by atoms with E-state index in [-0.39, 0.29) is 18.2 Å². The largest absolute Gasteiger partial charge is 0.481 e. The average Bonchev–Trinajstić information content (AvgIpc) is 3.27. The van der Waals surface area contributed by atoms with Gasteiger partial charge in [-0.25, -0.2) is 0 Å². The lowest BCUT2D eigenvalue weighted by atomic mass is 9.93. The van der Waals surface area contributed by atoms with Crippen molar-refractivity contribution in [1.29, 1.82) is 0 Å². The normalized spacial score (nSPS) is 16.0. The molecule has 8 heteroatoms. The molecule has 4 nitrogen and oxygen atoms in total. The van der Waals surface area contributed by atoms with Crippen LogP contribution in [0.25, 0.3) is 0 Å². The van der Waals surface area contributed by atoms with Gasteiger partial charge in [0.25, 0.3) is 0 Å². The van der Waals surface area contributed by atoms with E-state index in [1.54, 1.807) is 6.07 Å². The van der Waals surface area contributed by atoms with Crippen LogP contribution in [-0.4, -0.2) is 35.0 Å². The summed E-state index contributed by atoms with van der Waals surface area (Å²) in [6, 6.07) is 4.88. The number of hydrogen-bond donors (Lipinski definition) is 2. The number of carboxylic acids is 1. The van der Waals surface area contributed by atoms with Crippen molar-refractivity contribution in [2.75, 3.05) is 18.1 Å². The molecule has 1 saturated carbocycles. The maximum atomic E-state index is 12.8. The molecule has 0 radical (unpaired) electrons. The number of hydrogen-bond acceptors (Lipinski definition) is 3. The van der Waals surface area contributed by atoms with E-state index in [1.807, 2.05) is 0 Å². The molecule has 0 heterocycles. The Bertz CT molecular complexity index is 600. The van der Waals surface area contributed by atoms with Gasteiger partial charge in [-0.3, -0.25) is 9.59 Å². The summed E-state index contributed by atoms with van der Waals surface area (Å²) in [6.45, 7) is 0.289. The minimum absolute atomic E-state index is 0.0470. The maximum absolute atomic E-state index is 12.8. The van der Waals surface area contributed by atoms with Crippen LogP contribution in [0.4, 0.5) is 13.2 Å². The lowest BCUT2D eigenvalue weighted by molar-refractivity contribution is -0.138. The van der Waals surface area contributed by atoms with Crippen LogP contribution in [0.2, 0.25) is 0 Å². The van der Waals surface area contributed by atoms with Gasteiger partial charge in [0, 0.05) is 12.3 Å². The fourth-order valence-electron chi connectivity index (χ4n) is 2.33. The Balaban J connectivity index is 1.96. The molecule has 0 spiro atoms. The van der Waals surface area contributed by atoms with E-state index in [1.165, 1.54) is 17.8 Å². The molecule has 0 aromatic heterocycles. The summed E-state index contributed by atoms with van der Waals surface area (Å²) in [5, 5.41) is 11.2. The lowest BCUT2D eigenvalue weighted by Crippen LogP contribution is -2.36. The molecule has 126 valence electrons. The highest BCUT2D eigenvalue weighted by Gasteiger charge is 2.51. The second-order valence-corrected chi connectivity index (χ2v) is 6.47. The number of benzene rings is 1. The van der Waals surface area contributed by atoms with E-state index in [0.29, 0.717) is 24.2 Å². The molecule has 0 aliphatic heterocycles. The van der Waals surface area contributed by atoms with E-state index in [4.69, 9.17) is 5.11 Å². The summed E-state index contributed by atoms with van der Waals surface area (Å²) in [5.41, 5.74) is -1.26. The van der Waals surface area contributed by atoms with Gasteiger partial charge in [-0.05, 0) is 24.5 Å². The average molecular weight is 347 g/mol. The number of aliphatic carboxylic acids is 1. The Morgan fingerprint density at radius 2 is 2.00 bits per heavy atom. The quantitative estimate of drug-likeness (QED) is 0.744. The number of carbonyl (C=O) groups excluding carboxylic acids is 1. The van der Waals surface area contributed by atoms with Gasteiger partial charge in [-0.1, -0.05) is 18.2 Å². The molecule has 1 aliphatic carbocycles. The topological polar surface area (TPSA) is 66.4 Å². The van der Waals surface area contributed by atoms with Gasteiger partial charge < -0.3 is 10.4 Å². The van der Waals surface area contributed by atoms with Crippen LogP contribution in [0.15, 0.2) is 24.3 Å². The van der Waals surface area contributed by atoms with Crippen molar-refractivity contribution in [3.05, 3.63) is 35.4 Å². The zero-order valence-electron chi connectivity index (χ0n) is 12.2. The Kier molecular flexibility index (Phi) is 5.23. The number of amides is 1. The Hall–Kier alpha value is -1.70. The van der Waals surface area contributed by atoms with Gasteiger partial charge in [0.15, 0.2) is 0 Å². The highest BCUT2D eigenvalue weighted by Crippen LogP contribution is 2.49. The van der Waals surface area contributed by atoms with Gasteiger partial charge in [0.05, 0.1) is 16.7 Å². The molecule has 2 N–H and O–H groups in total. The lowest BCUT2D eigenvalue weighted by Gasteiger charge is -2.17. The fraction of sp³-hybridized carbons (Fsp3) is 0.467. The van der Waals surface area contributed by atoms with Crippen LogP contribution in [-0.2, 0) is 21.2 Å². The molecular formula is C15H16F3NO3S. The Morgan fingerprint density at radius 3 is 2.57 bits per heavy atom. The molecule has 1 amide bonds. The zero-order valence-corrected chi connectivity index (χ0v) is 13.0. The third-order valence-electron chi connectivity index (χ3n) is 3.68. The molecule has 23 heavy (non-hydrogen) atoms. The standard InChI is InChI=1S/C15H16F3NO3S/c16-15(17,18)11-3-1-2-10(8-11)14(4-5-14)13(22)19-6-7-23-9-12(20)21/h1-3,8H,4-7,9H2,(H,19,22)(H,20,21). The van der Waals surface area contributed by atoms with Crippen molar-refractivity contribution in [1.82, 2.24) is 5.32 Å². The minimum Gasteiger partial charge on any atom is -0.481 e. The summed E-state index contributed by atoms with van der Waals surface area (Å²) in [5.74, 6) is -0.831. The third-order valence-corrected chi connectivity index (χ3v) is 4.63. The summed E-state index contributed by atoms with van der Waals surface area (Å²) < 4.78 is 38.3. The van der Waals surface area contributed by atoms with Crippen molar-refractivity contribution >= 4 is 23.6 Å². The molecule has 1 aliphatic rings. The molecule has 1 aromatic carbocycles. The number of carbonyl (C=O) groups is 2. The van der Waals surface area contributed by atoms with Crippen molar-refractivity contribution < 1.29 is 27.9 Å². The highest BCUT2D eigenvalue weighted by molar-refractivity contribution is 7.99. The monoisotopic (exact) mass is 347 g/mol. The first kappa shape index (κ1) is 17.7. The second kappa shape index (κ2) is 6.82. The number of halogens is 3. The summed E-state index contributed by atoms with van der Waals surface area (Å²) in [4.78, 5) is 22.6. The van der Waals surface area contributed by atoms with E-state index < -0.39 is 23.1 Å². The first-order valence-corrected chi connectivity index (χ1v) is 8.17. The molecule has 0 saturated heterocycles. The van der Waals surface area contributed by atoms with Crippen molar-refractivity contribution in [2.45, 2.75) is 24.4 Å². The van der Waals surface area contributed by atoms with Gasteiger partial charge in [-0.2, -0.15) is 13.2 Å². The molecule has 2 rings (SSSR count). The Morgan fingerprint density at radius 1 is 1.30 bits per heavy atom. The maximum Gasteiger partial charge on any atom is 0.416 e. The molecule has 0 unspecified atom stereocenters. The molecular weight excluding hydrogens is 331 g/mol. The van der Waals surface area contributed by atoms with E-state index in [9.17, 15) is 22.8 Å². The van der Waals surface area contributed by atoms with Gasteiger partial charge in [0.2, 0.25) is 5.91 Å². The van der Waals surface area contributed by atoms with Crippen LogP contribution >= 0.6 is 11.8 Å². The van der Waals surface area contributed by atoms with Gasteiger partial charge in [0.1, 0.15) is 0 Å². The number of rotatable bonds is 7. The minimum atomic E-state index is -4.43. The van der Waals surface area contributed by atoms with Crippen LogP contribution in [0.1, 0.15) is 24.0 Å². The van der Waals surface area contributed by atoms with E-state index >= 15 is 0 Å². The Labute approximate surface area is 135 Å². The van der Waals surface area contributed by atoms with Gasteiger partial charge >= 0.3 is 12.1 Å². The van der Waals surface area contributed by atoms with Crippen LogP contribution < -0.4 is 5.32 Å². The molecule has 0 atom stereocenters. The number of thioether (sulfide) groups is 1. The molecule has 1 fully saturated rings. The molecule has 1 aromatic rings. The number of nitrogens with one attached hydrogen (secondary N) is 1. The predicted molar refractivity (Wildman–Crippen MR) is 80.3 cm³/mol. The van der Waals surface area contributed by atoms with E-state index in [0.717, 1.165) is 12.1 Å². The zero-order chi connectivity index (χ0) is 17.1. The number of carboxylic acid groups (broad SMARTS) is 1. The number of alkyl halides is 3.